The van der Waals surface area contributed by atoms with E-state index in [2.05, 4.69) is 26.1 Å². The Kier molecular flexibility index (Phi) is 6.43. The number of nitrogens with two attached hydrogens (primary N) is 1. The summed E-state index contributed by atoms with van der Waals surface area (Å²) < 4.78 is 4.96. The summed E-state index contributed by atoms with van der Waals surface area (Å²) in [7, 11) is 0. The first-order valence-electron chi connectivity index (χ1n) is 9.25. The number of carbonyl (C=O) groups excluding carboxylic acids is 2. The molecule has 0 aliphatic rings. The number of nitrogens with zero attached hydrogens (tertiary/aromatic N) is 2. The molecule has 0 aliphatic heterocycles. The minimum absolute atomic E-state index is 0.219. The molecule has 0 radical (unpaired) electrons. The number of aromatic nitrogens is 2. The zero-order valence-electron chi connectivity index (χ0n) is 16.6. The minimum atomic E-state index is -0.388. The lowest BCUT2D eigenvalue weighted by Crippen LogP contribution is -2.30. The van der Waals surface area contributed by atoms with Crippen LogP contribution in [0.5, 0.6) is 0 Å². The molecule has 0 aliphatic carbocycles. The van der Waals surface area contributed by atoms with Gasteiger partial charge in [0.2, 0.25) is 0 Å². The van der Waals surface area contributed by atoms with Gasteiger partial charge in [-0.25, -0.2) is 14.8 Å². The maximum atomic E-state index is 12.2. The van der Waals surface area contributed by atoms with E-state index in [1.165, 1.54) is 6.33 Å². The van der Waals surface area contributed by atoms with Crippen molar-refractivity contribution in [1.29, 1.82) is 0 Å². The topological polar surface area (TPSA) is 131 Å². The van der Waals surface area contributed by atoms with Gasteiger partial charge < -0.3 is 15.8 Å². The summed E-state index contributed by atoms with van der Waals surface area (Å²) in [6.45, 7) is 4.01. The van der Waals surface area contributed by atoms with E-state index >= 15 is 0 Å². The van der Waals surface area contributed by atoms with Crippen molar-refractivity contribution < 1.29 is 14.3 Å². The number of ether oxygens (including phenoxy) is 1. The fourth-order valence-electron chi connectivity index (χ4n) is 2.53. The molecule has 0 bridgehead atoms. The second kappa shape index (κ2) is 9.37. The van der Waals surface area contributed by atoms with Crippen LogP contribution in [0.3, 0.4) is 0 Å². The number of rotatable bonds is 7. The first-order valence-corrected chi connectivity index (χ1v) is 9.25. The number of nitrogen functional groups attached to an aromatic ring is 1. The molecule has 5 N–H and O–H groups in total. The van der Waals surface area contributed by atoms with Crippen molar-refractivity contribution in [2.75, 3.05) is 23.1 Å². The SMILES string of the molecule is CCOC(=O)c1ccc(Nc2ncnc(NNC(=O)c3ccc(C)cc3)c2N)cc1. The van der Waals surface area contributed by atoms with E-state index in [1.54, 1.807) is 43.3 Å². The highest BCUT2D eigenvalue weighted by atomic mass is 16.5. The predicted octanol–water partition coefficient (Wildman–Crippen LogP) is 3.04. The van der Waals surface area contributed by atoms with E-state index in [4.69, 9.17) is 10.5 Å². The van der Waals surface area contributed by atoms with Crippen LogP contribution < -0.4 is 21.9 Å². The summed E-state index contributed by atoms with van der Waals surface area (Å²) in [5.41, 5.74) is 14.3. The normalized spacial score (nSPS) is 10.2. The molecule has 1 aromatic heterocycles. The number of amides is 1. The van der Waals surface area contributed by atoms with Crippen LogP contribution in [0.1, 0.15) is 33.2 Å². The van der Waals surface area contributed by atoms with E-state index in [9.17, 15) is 9.59 Å². The van der Waals surface area contributed by atoms with Gasteiger partial charge in [-0.15, -0.1) is 0 Å². The first-order chi connectivity index (χ1) is 14.5. The van der Waals surface area contributed by atoms with Crippen molar-refractivity contribution in [2.24, 2.45) is 0 Å². The lowest BCUT2D eigenvalue weighted by atomic mass is 10.1. The van der Waals surface area contributed by atoms with Crippen LogP contribution in [0.4, 0.5) is 23.0 Å². The fourth-order valence-corrected chi connectivity index (χ4v) is 2.53. The van der Waals surface area contributed by atoms with Crippen LogP contribution in [0.25, 0.3) is 0 Å². The molecule has 0 fully saturated rings. The number of hydrogen-bond acceptors (Lipinski definition) is 8. The minimum Gasteiger partial charge on any atom is -0.462 e. The van der Waals surface area contributed by atoms with Crippen LogP contribution in [-0.4, -0.2) is 28.5 Å². The highest BCUT2D eigenvalue weighted by molar-refractivity contribution is 5.95. The van der Waals surface area contributed by atoms with Crippen LogP contribution in [-0.2, 0) is 4.74 Å². The molecule has 0 unspecified atom stereocenters. The summed E-state index contributed by atoms with van der Waals surface area (Å²) >= 11 is 0. The predicted molar refractivity (Wildman–Crippen MR) is 114 cm³/mol. The third-order valence-corrected chi connectivity index (χ3v) is 4.15. The molecule has 9 heteroatoms. The Hall–Kier alpha value is -4.14. The maximum Gasteiger partial charge on any atom is 0.338 e. The Morgan fingerprint density at radius 2 is 1.60 bits per heavy atom. The van der Waals surface area contributed by atoms with Gasteiger partial charge in [0, 0.05) is 11.3 Å². The fraction of sp³-hybridized carbons (Fsp3) is 0.143. The van der Waals surface area contributed by atoms with Gasteiger partial charge in [0.1, 0.15) is 12.0 Å². The number of hydrazine groups is 1. The van der Waals surface area contributed by atoms with Gasteiger partial charge in [-0.05, 0) is 50.2 Å². The van der Waals surface area contributed by atoms with Crippen molar-refractivity contribution in [1.82, 2.24) is 15.4 Å². The second-order valence-electron chi connectivity index (χ2n) is 6.35. The van der Waals surface area contributed by atoms with E-state index in [-0.39, 0.29) is 23.4 Å². The van der Waals surface area contributed by atoms with Gasteiger partial charge in [0.15, 0.2) is 11.6 Å². The van der Waals surface area contributed by atoms with Crippen molar-refractivity contribution in [2.45, 2.75) is 13.8 Å². The van der Waals surface area contributed by atoms with Crippen molar-refractivity contribution >= 4 is 34.9 Å². The molecule has 1 amide bonds. The number of esters is 1. The molecule has 30 heavy (non-hydrogen) atoms. The molecule has 0 atom stereocenters. The average molecular weight is 406 g/mol. The van der Waals surface area contributed by atoms with E-state index < -0.39 is 0 Å². The standard InChI is InChI=1S/C21H22N6O3/c1-3-30-21(29)15-8-10-16(11-9-15)25-18-17(22)19(24-12-23-18)26-27-20(28)14-6-4-13(2)5-7-14/h4-12H,3,22H2,1-2H3,(H,27,28)(H2,23,24,25,26). The molecule has 3 rings (SSSR count). The van der Waals surface area contributed by atoms with E-state index in [0.717, 1.165) is 5.56 Å². The molecule has 3 aromatic rings. The largest absolute Gasteiger partial charge is 0.462 e. The Morgan fingerprint density at radius 3 is 2.27 bits per heavy atom. The molecule has 9 nitrogen and oxygen atoms in total. The van der Waals surface area contributed by atoms with Crippen molar-refractivity contribution in [3.05, 3.63) is 71.5 Å². The Balaban J connectivity index is 1.66. The number of anilines is 4. The Bertz CT molecular complexity index is 1040. The van der Waals surface area contributed by atoms with Gasteiger partial charge in [-0.2, -0.15) is 0 Å². The molecular weight excluding hydrogens is 384 g/mol. The number of nitrogens with one attached hydrogen (secondary N) is 3. The van der Waals surface area contributed by atoms with Crippen molar-refractivity contribution in [3.8, 4) is 0 Å². The lowest BCUT2D eigenvalue weighted by molar-refractivity contribution is 0.0526. The number of carbonyl (C=O) groups is 2. The van der Waals surface area contributed by atoms with Crippen LogP contribution in [0, 0.1) is 6.92 Å². The van der Waals surface area contributed by atoms with Gasteiger partial charge >= 0.3 is 5.97 Å². The zero-order valence-corrected chi connectivity index (χ0v) is 16.6. The Morgan fingerprint density at radius 1 is 0.967 bits per heavy atom. The summed E-state index contributed by atoms with van der Waals surface area (Å²) in [6, 6.07) is 13.8. The monoisotopic (exact) mass is 406 g/mol. The smallest absolute Gasteiger partial charge is 0.338 e. The molecule has 0 saturated heterocycles. The third-order valence-electron chi connectivity index (χ3n) is 4.15. The molecule has 1 heterocycles. The number of hydrogen-bond donors (Lipinski definition) is 4. The first kappa shape index (κ1) is 20.6. The van der Waals surface area contributed by atoms with Crippen molar-refractivity contribution in [3.63, 3.8) is 0 Å². The summed E-state index contributed by atoms with van der Waals surface area (Å²) in [4.78, 5) is 32.2. The molecular formula is C21H22N6O3. The molecule has 154 valence electrons. The second-order valence-corrected chi connectivity index (χ2v) is 6.35. The van der Waals surface area contributed by atoms with Gasteiger partial charge in [0.25, 0.3) is 5.91 Å². The summed E-state index contributed by atoms with van der Waals surface area (Å²) in [5, 5.41) is 3.06. The van der Waals surface area contributed by atoms with Crippen LogP contribution in [0.2, 0.25) is 0 Å². The third kappa shape index (κ3) is 5.02. The average Bonchev–Trinajstić information content (AvgIpc) is 2.75. The van der Waals surface area contributed by atoms with E-state index in [1.807, 2.05) is 19.1 Å². The zero-order chi connectivity index (χ0) is 21.5. The summed E-state index contributed by atoms with van der Waals surface area (Å²) in [6.07, 6.45) is 1.31. The Labute approximate surface area is 173 Å². The highest BCUT2D eigenvalue weighted by Crippen LogP contribution is 2.25. The molecule has 0 spiro atoms. The van der Waals surface area contributed by atoms with E-state index in [0.29, 0.717) is 29.2 Å². The number of aryl methyl sites for hydroxylation is 1. The molecule has 2 aromatic carbocycles. The number of benzene rings is 2. The van der Waals surface area contributed by atoms with Crippen LogP contribution >= 0.6 is 0 Å². The van der Waals surface area contributed by atoms with Gasteiger partial charge in [-0.3, -0.25) is 15.6 Å². The van der Waals surface area contributed by atoms with Gasteiger partial charge in [0.05, 0.1) is 12.2 Å². The quantitative estimate of drug-likeness (QED) is 0.348. The van der Waals surface area contributed by atoms with Crippen LogP contribution in [0.15, 0.2) is 54.9 Å². The van der Waals surface area contributed by atoms with Gasteiger partial charge in [-0.1, -0.05) is 17.7 Å². The highest BCUT2D eigenvalue weighted by Gasteiger charge is 2.11. The summed E-state index contributed by atoms with van der Waals surface area (Å²) in [5.74, 6) is -0.115. The maximum absolute atomic E-state index is 12.2. The lowest BCUT2D eigenvalue weighted by Gasteiger charge is -2.13. The molecule has 0 saturated carbocycles.